The number of nitrogens with one attached hydrogen (secondary N) is 2. The van der Waals surface area contributed by atoms with Crippen LogP contribution in [0.3, 0.4) is 0 Å². The fourth-order valence-electron chi connectivity index (χ4n) is 3.65. The topological polar surface area (TPSA) is 57.3 Å². The first-order valence-electron chi connectivity index (χ1n) is 10.2. The van der Waals surface area contributed by atoms with Crippen molar-refractivity contribution < 1.29 is 4.79 Å². The number of aromatic nitrogens is 1. The Kier molecular flexibility index (Phi) is 5.80. The maximum Gasteiger partial charge on any atom is 0.275 e. The van der Waals surface area contributed by atoms with E-state index in [-0.39, 0.29) is 5.91 Å². The van der Waals surface area contributed by atoms with Gasteiger partial charge in [0, 0.05) is 36.4 Å². The summed E-state index contributed by atoms with van der Waals surface area (Å²) in [6.07, 6.45) is 0. The van der Waals surface area contributed by atoms with E-state index >= 15 is 0 Å². The molecule has 156 valence electrons. The lowest BCUT2D eigenvalue weighted by molar-refractivity contribution is 0.102. The van der Waals surface area contributed by atoms with Gasteiger partial charge in [-0.25, -0.2) is 4.98 Å². The molecule has 2 aromatic carbocycles. The van der Waals surface area contributed by atoms with Crippen molar-refractivity contribution in [3.8, 4) is 20.3 Å². The second kappa shape index (κ2) is 9.01. The number of amides is 1. The Labute approximate surface area is 189 Å². The van der Waals surface area contributed by atoms with Gasteiger partial charge in [-0.1, -0.05) is 42.5 Å². The van der Waals surface area contributed by atoms with Crippen LogP contribution in [0.1, 0.15) is 10.5 Å². The second-order valence-corrected chi connectivity index (χ2v) is 9.22. The molecule has 0 radical (unpaired) electrons. The minimum Gasteiger partial charge on any atom is -0.367 e. The van der Waals surface area contributed by atoms with E-state index in [4.69, 9.17) is 0 Å². The molecule has 2 aromatic heterocycles. The second-order valence-electron chi connectivity index (χ2n) is 7.28. The number of benzene rings is 2. The summed E-state index contributed by atoms with van der Waals surface area (Å²) in [5, 5.41) is 9.13. The monoisotopic (exact) mass is 446 g/mol. The summed E-state index contributed by atoms with van der Waals surface area (Å²) < 4.78 is 0. The third kappa shape index (κ3) is 4.39. The predicted octanol–water partition coefficient (Wildman–Crippen LogP) is 5.20. The highest BCUT2D eigenvalue weighted by molar-refractivity contribution is 7.23. The van der Waals surface area contributed by atoms with E-state index in [0.29, 0.717) is 5.69 Å². The number of carbonyl (C=O) groups is 1. The van der Waals surface area contributed by atoms with Gasteiger partial charge in [0.1, 0.15) is 10.7 Å². The number of thiophene rings is 1. The van der Waals surface area contributed by atoms with Crippen molar-refractivity contribution >= 4 is 40.0 Å². The van der Waals surface area contributed by atoms with Crippen molar-refractivity contribution in [1.82, 2.24) is 10.3 Å². The Morgan fingerprint density at radius 3 is 2.52 bits per heavy atom. The molecular formula is C24H22N4OS2. The quantitative estimate of drug-likeness (QED) is 0.442. The molecule has 0 bridgehead atoms. The zero-order valence-electron chi connectivity index (χ0n) is 16.9. The smallest absolute Gasteiger partial charge is 0.275 e. The number of piperazine rings is 1. The Balaban J connectivity index is 1.33. The molecule has 1 amide bonds. The fourth-order valence-corrected chi connectivity index (χ4v) is 5.53. The van der Waals surface area contributed by atoms with E-state index in [9.17, 15) is 4.79 Å². The number of thiazole rings is 1. The Morgan fingerprint density at radius 2 is 1.68 bits per heavy atom. The number of hydrogen-bond donors (Lipinski definition) is 2. The van der Waals surface area contributed by atoms with Crippen molar-refractivity contribution in [3.05, 3.63) is 77.8 Å². The van der Waals surface area contributed by atoms with Gasteiger partial charge >= 0.3 is 0 Å². The van der Waals surface area contributed by atoms with Crippen molar-refractivity contribution in [2.75, 3.05) is 36.4 Å². The number of anilines is 2. The molecule has 5 rings (SSSR count). The van der Waals surface area contributed by atoms with Gasteiger partial charge in [-0.3, -0.25) is 4.79 Å². The minimum absolute atomic E-state index is 0.176. The summed E-state index contributed by atoms with van der Waals surface area (Å²) in [6, 6.07) is 22.5. The van der Waals surface area contributed by atoms with E-state index in [2.05, 4.69) is 50.8 Å². The van der Waals surface area contributed by atoms with Crippen molar-refractivity contribution in [3.63, 3.8) is 0 Å². The summed E-state index contributed by atoms with van der Waals surface area (Å²) in [5.74, 6) is -0.176. The number of para-hydroxylation sites is 2. The standard InChI is InChI=1S/C24H22N4OS2/c29-23(26-18-8-4-5-9-20(18)28-14-12-25-13-15-28)19-16-30-24(27-19)22-11-10-21(31-22)17-6-2-1-3-7-17/h1-11,16,25H,12-15H2,(H,26,29). The first kappa shape index (κ1) is 19.9. The summed E-state index contributed by atoms with van der Waals surface area (Å²) in [6.45, 7) is 3.75. The van der Waals surface area contributed by atoms with E-state index in [1.807, 2.05) is 41.8 Å². The van der Waals surface area contributed by atoms with Crippen molar-refractivity contribution in [2.24, 2.45) is 0 Å². The van der Waals surface area contributed by atoms with Crippen LogP contribution in [0.4, 0.5) is 11.4 Å². The molecule has 1 aliphatic rings. The first-order chi connectivity index (χ1) is 15.3. The molecular weight excluding hydrogens is 424 g/mol. The molecule has 0 atom stereocenters. The average molecular weight is 447 g/mol. The molecule has 5 nitrogen and oxygen atoms in total. The normalized spacial score (nSPS) is 13.9. The van der Waals surface area contributed by atoms with E-state index in [1.165, 1.54) is 21.8 Å². The zero-order chi connectivity index (χ0) is 21.0. The SMILES string of the molecule is O=C(Nc1ccccc1N1CCNCC1)c1csc(-c2ccc(-c3ccccc3)s2)n1. The number of rotatable bonds is 5. The maximum absolute atomic E-state index is 12.9. The van der Waals surface area contributed by atoms with Crippen LogP contribution in [0.25, 0.3) is 20.3 Å². The molecule has 3 heterocycles. The lowest BCUT2D eigenvalue weighted by Crippen LogP contribution is -2.43. The van der Waals surface area contributed by atoms with Crippen LogP contribution in [0.15, 0.2) is 72.1 Å². The highest BCUT2D eigenvalue weighted by atomic mass is 32.1. The van der Waals surface area contributed by atoms with Gasteiger partial charge in [-0.05, 0) is 29.8 Å². The van der Waals surface area contributed by atoms with Crippen LogP contribution in [-0.4, -0.2) is 37.1 Å². The van der Waals surface area contributed by atoms with Gasteiger partial charge in [-0.2, -0.15) is 0 Å². The Hall–Kier alpha value is -3.00. The van der Waals surface area contributed by atoms with Crippen molar-refractivity contribution in [2.45, 2.75) is 0 Å². The molecule has 0 spiro atoms. The summed E-state index contributed by atoms with van der Waals surface area (Å²) in [7, 11) is 0. The third-order valence-electron chi connectivity index (χ3n) is 5.22. The van der Waals surface area contributed by atoms with Gasteiger partial charge in [0.2, 0.25) is 0 Å². The fraction of sp³-hybridized carbons (Fsp3) is 0.167. The molecule has 1 fully saturated rings. The van der Waals surface area contributed by atoms with Gasteiger partial charge in [0.15, 0.2) is 0 Å². The van der Waals surface area contributed by atoms with Crippen LogP contribution >= 0.6 is 22.7 Å². The molecule has 1 aliphatic heterocycles. The Morgan fingerprint density at radius 1 is 0.935 bits per heavy atom. The predicted molar refractivity (Wildman–Crippen MR) is 130 cm³/mol. The van der Waals surface area contributed by atoms with Gasteiger partial charge in [0.05, 0.1) is 16.3 Å². The number of carbonyl (C=O) groups excluding carboxylic acids is 1. The molecule has 1 saturated heterocycles. The lowest BCUT2D eigenvalue weighted by Gasteiger charge is -2.31. The molecule has 2 N–H and O–H groups in total. The Bertz CT molecular complexity index is 1180. The highest BCUT2D eigenvalue weighted by Gasteiger charge is 2.18. The van der Waals surface area contributed by atoms with Crippen LogP contribution in [0, 0.1) is 0 Å². The maximum atomic E-state index is 12.9. The summed E-state index contributed by atoms with van der Waals surface area (Å²) >= 11 is 3.20. The van der Waals surface area contributed by atoms with Gasteiger partial charge in [-0.15, -0.1) is 22.7 Å². The largest absolute Gasteiger partial charge is 0.367 e. The molecule has 0 aliphatic carbocycles. The van der Waals surface area contributed by atoms with E-state index < -0.39 is 0 Å². The zero-order valence-corrected chi connectivity index (χ0v) is 18.5. The molecule has 4 aromatic rings. The molecule has 0 unspecified atom stereocenters. The average Bonchev–Trinajstić information content (AvgIpc) is 3.51. The van der Waals surface area contributed by atoms with Crippen LogP contribution in [-0.2, 0) is 0 Å². The van der Waals surface area contributed by atoms with Gasteiger partial charge in [0.25, 0.3) is 5.91 Å². The summed E-state index contributed by atoms with van der Waals surface area (Å²) in [4.78, 5) is 22.1. The molecule has 0 saturated carbocycles. The summed E-state index contributed by atoms with van der Waals surface area (Å²) in [5.41, 5.74) is 3.52. The molecule has 31 heavy (non-hydrogen) atoms. The lowest BCUT2D eigenvalue weighted by atomic mass is 10.2. The third-order valence-corrected chi connectivity index (χ3v) is 7.37. The van der Waals surface area contributed by atoms with Crippen molar-refractivity contribution in [1.29, 1.82) is 0 Å². The van der Waals surface area contributed by atoms with E-state index in [1.54, 1.807) is 11.3 Å². The van der Waals surface area contributed by atoms with Crippen LogP contribution < -0.4 is 15.5 Å². The minimum atomic E-state index is -0.176. The van der Waals surface area contributed by atoms with Crippen LogP contribution in [0.5, 0.6) is 0 Å². The number of hydrogen-bond acceptors (Lipinski definition) is 6. The van der Waals surface area contributed by atoms with E-state index in [0.717, 1.165) is 47.4 Å². The number of nitrogens with zero attached hydrogens (tertiary/aromatic N) is 2. The molecule has 7 heteroatoms. The van der Waals surface area contributed by atoms with Crippen LogP contribution in [0.2, 0.25) is 0 Å². The van der Waals surface area contributed by atoms with Gasteiger partial charge < -0.3 is 15.5 Å². The first-order valence-corrected chi connectivity index (χ1v) is 11.9. The highest BCUT2D eigenvalue weighted by Crippen LogP contribution is 2.36.